The number of carbonyl (C=O) groups excluding carboxylic acids is 1. The van der Waals surface area contributed by atoms with Gasteiger partial charge in [0.1, 0.15) is 11.6 Å². The highest BCUT2D eigenvalue weighted by molar-refractivity contribution is 5.92. The van der Waals surface area contributed by atoms with Crippen molar-refractivity contribution in [2.45, 2.75) is 18.9 Å². The van der Waals surface area contributed by atoms with Crippen LogP contribution in [0.1, 0.15) is 23.4 Å². The van der Waals surface area contributed by atoms with Crippen LogP contribution >= 0.6 is 0 Å². The Morgan fingerprint density at radius 3 is 2.62 bits per heavy atom. The summed E-state index contributed by atoms with van der Waals surface area (Å²) in [5.74, 6) is -0.0606. The van der Waals surface area contributed by atoms with Gasteiger partial charge in [-0.1, -0.05) is 12.1 Å². The van der Waals surface area contributed by atoms with E-state index in [0.29, 0.717) is 37.3 Å². The molecule has 0 atom stereocenters. The molecule has 2 heterocycles. The molecule has 1 aromatic heterocycles. The lowest BCUT2D eigenvalue weighted by atomic mass is 10.1. The van der Waals surface area contributed by atoms with Crippen LogP contribution in [-0.2, 0) is 0 Å². The molecule has 5 heteroatoms. The molecule has 0 bridgehead atoms. The predicted octanol–water partition coefficient (Wildman–Crippen LogP) is 2.68. The fraction of sp³-hybridized carbons (Fsp3) is 0.312. The number of nitrogens with zero attached hydrogens (tertiary/aromatic N) is 1. The molecule has 3 rings (SSSR count). The van der Waals surface area contributed by atoms with Crippen molar-refractivity contribution in [2.75, 3.05) is 13.1 Å². The number of aliphatic hydroxyl groups excluding tert-OH is 1. The van der Waals surface area contributed by atoms with Gasteiger partial charge in [0.15, 0.2) is 5.76 Å². The van der Waals surface area contributed by atoms with Crippen LogP contribution in [0.25, 0.3) is 11.3 Å². The van der Waals surface area contributed by atoms with E-state index in [9.17, 15) is 14.3 Å². The minimum absolute atomic E-state index is 0.199. The van der Waals surface area contributed by atoms with Gasteiger partial charge in [-0.3, -0.25) is 4.79 Å². The Labute approximate surface area is 121 Å². The van der Waals surface area contributed by atoms with Crippen LogP contribution in [0.3, 0.4) is 0 Å². The van der Waals surface area contributed by atoms with Crippen molar-refractivity contribution in [3.8, 4) is 11.3 Å². The molecular formula is C16H16FNO3. The fourth-order valence-corrected chi connectivity index (χ4v) is 2.48. The summed E-state index contributed by atoms with van der Waals surface area (Å²) in [7, 11) is 0. The van der Waals surface area contributed by atoms with Crippen molar-refractivity contribution in [2.24, 2.45) is 0 Å². The van der Waals surface area contributed by atoms with E-state index in [2.05, 4.69) is 0 Å². The Morgan fingerprint density at radius 1 is 1.19 bits per heavy atom. The SMILES string of the molecule is O=C(c1ccc(-c2ccccc2F)o1)N1CCC(O)CC1. The summed E-state index contributed by atoms with van der Waals surface area (Å²) in [5, 5.41) is 9.46. The Morgan fingerprint density at radius 2 is 1.90 bits per heavy atom. The van der Waals surface area contributed by atoms with Crippen molar-refractivity contribution in [3.05, 3.63) is 48.0 Å². The first kappa shape index (κ1) is 13.8. The van der Waals surface area contributed by atoms with Crippen molar-refractivity contribution < 1.29 is 18.7 Å². The molecule has 0 saturated carbocycles. The molecule has 4 nitrogen and oxygen atoms in total. The van der Waals surface area contributed by atoms with E-state index < -0.39 is 0 Å². The van der Waals surface area contributed by atoms with Crippen molar-refractivity contribution >= 4 is 5.91 Å². The van der Waals surface area contributed by atoms with Gasteiger partial charge in [-0.25, -0.2) is 4.39 Å². The molecule has 1 N–H and O–H groups in total. The Kier molecular flexibility index (Phi) is 3.75. The minimum atomic E-state index is -0.382. The Bertz CT molecular complexity index is 644. The van der Waals surface area contributed by atoms with Crippen molar-refractivity contribution in [1.29, 1.82) is 0 Å². The normalized spacial score (nSPS) is 16.2. The number of carbonyl (C=O) groups is 1. The average Bonchev–Trinajstić information content (AvgIpc) is 2.97. The van der Waals surface area contributed by atoms with E-state index in [0.717, 1.165) is 0 Å². The summed E-state index contributed by atoms with van der Waals surface area (Å²) in [6.07, 6.45) is 0.818. The first-order valence-corrected chi connectivity index (χ1v) is 6.97. The van der Waals surface area contributed by atoms with E-state index in [1.54, 1.807) is 35.2 Å². The van der Waals surface area contributed by atoms with E-state index in [1.165, 1.54) is 6.07 Å². The lowest BCUT2D eigenvalue weighted by Crippen LogP contribution is -2.39. The van der Waals surface area contributed by atoms with Crippen LogP contribution in [-0.4, -0.2) is 35.1 Å². The number of piperidine rings is 1. The highest BCUT2D eigenvalue weighted by atomic mass is 19.1. The second-order valence-electron chi connectivity index (χ2n) is 5.17. The highest BCUT2D eigenvalue weighted by Crippen LogP contribution is 2.25. The van der Waals surface area contributed by atoms with Gasteiger partial charge in [0.05, 0.1) is 11.7 Å². The lowest BCUT2D eigenvalue weighted by Gasteiger charge is -2.28. The van der Waals surface area contributed by atoms with Crippen LogP contribution in [0.15, 0.2) is 40.8 Å². The minimum Gasteiger partial charge on any atom is -0.451 e. The number of benzene rings is 1. The largest absolute Gasteiger partial charge is 0.451 e. The quantitative estimate of drug-likeness (QED) is 0.924. The van der Waals surface area contributed by atoms with E-state index in [-0.39, 0.29) is 23.6 Å². The summed E-state index contributed by atoms with van der Waals surface area (Å²) in [5.41, 5.74) is 0.339. The maximum atomic E-state index is 13.7. The van der Waals surface area contributed by atoms with Gasteiger partial charge in [-0.15, -0.1) is 0 Å². The molecule has 0 unspecified atom stereocenters. The Hall–Kier alpha value is -2.14. The fourth-order valence-electron chi connectivity index (χ4n) is 2.48. The molecule has 0 aliphatic carbocycles. The molecule has 1 fully saturated rings. The molecule has 21 heavy (non-hydrogen) atoms. The highest BCUT2D eigenvalue weighted by Gasteiger charge is 2.24. The number of halogens is 1. The summed E-state index contributed by atoms with van der Waals surface area (Å²) in [4.78, 5) is 13.9. The van der Waals surface area contributed by atoms with E-state index in [1.807, 2.05) is 0 Å². The van der Waals surface area contributed by atoms with Gasteiger partial charge in [0, 0.05) is 13.1 Å². The van der Waals surface area contributed by atoms with Crippen LogP contribution < -0.4 is 0 Å². The Balaban J connectivity index is 1.79. The predicted molar refractivity (Wildman–Crippen MR) is 75.2 cm³/mol. The van der Waals surface area contributed by atoms with Gasteiger partial charge in [-0.05, 0) is 37.1 Å². The van der Waals surface area contributed by atoms with Crippen LogP contribution in [0.4, 0.5) is 4.39 Å². The summed E-state index contributed by atoms with van der Waals surface area (Å²) < 4.78 is 19.2. The molecule has 0 radical (unpaired) electrons. The molecule has 1 aromatic carbocycles. The summed E-state index contributed by atoms with van der Waals surface area (Å²) in [6, 6.07) is 9.45. The monoisotopic (exact) mass is 289 g/mol. The second kappa shape index (κ2) is 5.69. The number of hydrogen-bond donors (Lipinski definition) is 1. The third kappa shape index (κ3) is 2.83. The lowest BCUT2D eigenvalue weighted by molar-refractivity contribution is 0.0520. The molecule has 2 aromatic rings. The molecule has 110 valence electrons. The van der Waals surface area contributed by atoms with Gasteiger partial charge < -0.3 is 14.4 Å². The third-order valence-electron chi connectivity index (χ3n) is 3.71. The number of furan rings is 1. The standard InChI is InChI=1S/C16H16FNO3/c17-13-4-2-1-3-12(13)14-5-6-15(21-14)16(20)18-9-7-11(19)8-10-18/h1-6,11,19H,7-10H2. The first-order chi connectivity index (χ1) is 10.1. The average molecular weight is 289 g/mol. The van der Waals surface area contributed by atoms with Gasteiger partial charge in [0.25, 0.3) is 5.91 Å². The zero-order chi connectivity index (χ0) is 14.8. The summed E-state index contributed by atoms with van der Waals surface area (Å²) >= 11 is 0. The van der Waals surface area contributed by atoms with E-state index in [4.69, 9.17) is 4.42 Å². The first-order valence-electron chi connectivity index (χ1n) is 6.97. The molecule has 1 amide bonds. The molecule has 0 spiro atoms. The summed E-state index contributed by atoms with van der Waals surface area (Å²) in [6.45, 7) is 1.02. The molecule has 1 aliphatic rings. The zero-order valence-electron chi connectivity index (χ0n) is 11.5. The van der Waals surface area contributed by atoms with Gasteiger partial charge in [-0.2, -0.15) is 0 Å². The van der Waals surface area contributed by atoms with Crippen molar-refractivity contribution in [3.63, 3.8) is 0 Å². The third-order valence-corrected chi connectivity index (χ3v) is 3.71. The number of hydrogen-bond acceptors (Lipinski definition) is 3. The molecular weight excluding hydrogens is 273 g/mol. The number of rotatable bonds is 2. The topological polar surface area (TPSA) is 53.7 Å². The smallest absolute Gasteiger partial charge is 0.289 e. The van der Waals surface area contributed by atoms with Crippen LogP contribution in [0.2, 0.25) is 0 Å². The van der Waals surface area contributed by atoms with E-state index >= 15 is 0 Å². The molecule has 1 saturated heterocycles. The molecule has 1 aliphatic heterocycles. The van der Waals surface area contributed by atoms with Gasteiger partial charge in [0.2, 0.25) is 0 Å². The van der Waals surface area contributed by atoms with Crippen molar-refractivity contribution in [1.82, 2.24) is 4.90 Å². The number of amides is 1. The maximum absolute atomic E-state index is 13.7. The number of likely N-dealkylation sites (tertiary alicyclic amines) is 1. The van der Waals surface area contributed by atoms with Gasteiger partial charge >= 0.3 is 0 Å². The second-order valence-corrected chi connectivity index (χ2v) is 5.17. The maximum Gasteiger partial charge on any atom is 0.289 e. The van der Waals surface area contributed by atoms with Crippen LogP contribution in [0.5, 0.6) is 0 Å². The zero-order valence-corrected chi connectivity index (χ0v) is 11.5. The number of aliphatic hydroxyl groups is 1. The van der Waals surface area contributed by atoms with Crippen LogP contribution in [0, 0.1) is 5.82 Å².